The van der Waals surface area contributed by atoms with Gasteiger partial charge in [-0.1, -0.05) is 36.4 Å². The average molecular weight is 531 g/mol. The van der Waals surface area contributed by atoms with Gasteiger partial charge in [0.15, 0.2) is 17.3 Å². The number of nitrogens with one attached hydrogen (secondary N) is 2. The summed E-state index contributed by atoms with van der Waals surface area (Å²) in [6.45, 7) is 0. The highest BCUT2D eigenvalue weighted by Gasteiger charge is 2.16. The van der Waals surface area contributed by atoms with Crippen LogP contribution in [0.3, 0.4) is 0 Å². The number of ether oxygens (including phenoxy) is 2. The first-order chi connectivity index (χ1) is 19.6. The molecule has 9 nitrogen and oxygen atoms in total. The number of fused-ring (bicyclic) bond motifs is 3. The molecule has 0 bridgehead atoms. The van der Waals surface area contributed by atoms with Crippen molar-refractivity contribution < 1.29 is 14.3 Å². The molecule has 0 fully saturated rings. The average Bonchev–Trinajstić information content (AvgIpc) is 3.43. The van der Waals surface area contributed by atoms with Crippen molar-refractivity contribution in [2.75, 3.05) is 24.9 Å². The number of carbonyl (C=O) groups excluding carboxylic acids is 1. The van der Waals surface area contributed by atoms with Gasteiger partial charge in [-0.25, -0.2) is 0 Å². The van der Waals surface area contributed by atoms with Crippen molar-refractivity contribution in [3.8, 4) is 22.9 Å². The summed E-state index contributed by atoms with van der Waals surface area (Å²) in [5.41, 5.74) is 3.98. The van der Waals surface area contributed by atoms with Crippen LogP contribution in [0, 0.1) is 0 Å². The zero-order chi connectivity index (χ0) is 27.5. The molecule has 6 rings (SSSR count). The number of benzene rings is 4. The Labute approximate surface area is 230 Å². The molecule has 0 aliphatic carbocycles. The van der Waals surface area contributed by atoms with Gasteiger partial charge in [0.2, 0.25) is 5.91 Å². The Hall–Kier alpha value is -5.44. The van der Waals surface area contributed by atoms with Gasteiger partial charge in [-0.3, -0.25) is 4.79 Å². The zero-order valence-electron chi connectivity index (χ0n) is 22.0. The SMILES string of the molecule is COc1ccc(CC(=O)Nc2ccc(Nc3nn4c(-c5ccc(OC)cc5)nnc4c4ccccc34)cc2)cc1. The smallest absolute Gasteiger partial charge is 0.228 e. The number of nitrogens with zero attached hydrogens (tertiary/aromatic N) is 4. The van der Waals surface area contributed by atoms with Gasteiger partial charge in [-0.05, 0) is 66.2 Å². The first-order valence-electron chi connectivity index (χ1n) is 12.7. The first-order valence-corrected chi connectivity index (χ1v) is 12.7. The summed E-state index contributed by atoms with van der Waals surface area (Å²) in [6.07, 6.45) is 0.273. The molecular formula is C31H26N6O3. The quantitative estimate of drug-likeness (QED) is 0.253. The maximum atomic E-state index is 12.6. The number of rotatable bonds is 8. The third-order valence-corrected chi connectivity index (χ3v) is 6.57. The molecule has 0 aliphatic heterocycles. The molecule has 2 N–H and O–H groups in total. The van der Waals surface area contributed by atoms with Crippen molar-refractivity contribution in [3.63, 3.8) is 0 Å². The summed E-state index contributed by atoms with van der Waals surface area (Å²) < 4.78 is 12.2. The Morgan fingerprint density at radius 3 is 2.05 bits per heavy atom. The molecule has 2 aromatic heterocycles. The van der Waals surface area contributed by atoms with E-state index in [1.54, 1.807) is 18.7 Å². The molecule has 4 aromatic carbocycles. The van der Waals surface area contributed by atoms with Crippen LogP contribution in [-0.4, -0.2) is 39.9 Å². The van der Waals surface area contributed by atoms with Crippen LogP contribution in [0.4, 0.5) is 17.2 Å². The summed E-state index contributed by atoms with van der Waals surface area (Å²) in [4.78, 5) is 12.6. The van der Waals surface area contributed by atoms with Gasteiger partial charge in [0.1, 0.15) is 11.5 Å². The molecule has 9 heteroatoms. The number of amides is 1. The number of anilines is 3. The minimum absolute atomic E-state index is 0.0948. The molecule has 0 saturated carbocycles. The predicted molar refractivity (Wildman–Crippen MR) is 155 cm³/mol. The highest BCUT2D eigenvalue weighted by atomic mass is 16.5. The van der Waals surface area contributed by atoms with Crippen LogP contribution < -0.4 is 20.1 Å². The summed E-state index contributed by atoms with van der Waals surface area (Å²) >= 11 is 0. The van der Waals surface area contributed by atoms with Crippen molar-refractivity contribution >= 4 is 39.5 Å². The number of aromatic nitrogens is 4. The molecular weight excluding hydrogens is 504 g/mol. The molecule has 0 saturated heterocycles. The Morgan fingerprint density at radius 1 is 0.750 bits per heavy atom. The van der Waals surface area contributed by atoms with E-state index in [9.17, 15) is 4.79 Å². The van der Waals surface area contributed by atoms with Gasteiger partial charge in [-0.2, -0.15) is 4.52 Å². The van der Waals surface area contributed by atoms with Crippen molar-refractivity contribution in [1.82, 2.24) is 19.8 Å². The molecule has 2 heterocycles. The molecule has 6 aromatic rings. The molecule has 0 radical (unpaired) electrons. The lowest BCUT2D eigenvalue weighted by Gasteiger charge is -2.12. The Bertz CT molecular complexity index is 1800. The maximum Gasteiger partial charge on any atom is 0.228 e. The Balaban J connectivity index is 1.24. The molecule has 198 valence electrons. The lowest BCUT2D eigenvalue weighted by atomic mass is 10.1. The summed E-state index contributed by atoms with van der Waals surface area (Å²) in [5.74, 6) is 2.71. The topological polar surface area (TPSA) is 103 Å². The van der Waals surface area contributed by atoms with Gasteiger partial charge >= 0.3 is 0 Å². The fourth-order valence-electron chi connectivity index (χ4n) is 4.50. The van der Waals surface area contributed by atoms with Crippen LogP contribution in [0.25, 0.3) is 27.8 Å². The van der Waals surface area contributed by atoms with E-state index < -0.39 is 0 Å². The second-order valence-electron chi connectivity index (χ2n) is 9.16. The number of hydrogen-bond donors (Lipinski definition) is 2. The number of methoxy groups -OCH3 is 2. The van der Waals surface area contributed by atoms with Crippen molar-refractivity contribution in [3.05, 3.63) is 103 Å². The number of hydrogen-bond acceptors (Lipinski definition) is 7. The third-order valence-electron chi connectivity index (χ3n) is 6.57. The van der Waals surface area contributed by atoms with E-state index in [0.29, 0.717) is 23.0 Å². The number of carbonyl (C=O) groups is 1. The molecule has 0 unspecified atom stereocenters. The predicted octanol–water partition coefficient (Wildman–Crippen LogP) is 5.89. The van der Waals surface area contributed by atoms with E-state index in [2.05, 4.69) is 20.8 Å². The summed E-state index contributed by atoms with van der Waals surface area (Å²) in [7, 11) is 3.25. The minimum atomic E-state index is -0.0948. The lowest BCUT2D eigenvalue weighted by Crippen LogP contribution is -2.14. The Morgan fingerprint density at radius 2 is 1.38 bits per heavy atom. The van der Waals surface area contributed by atoms with Crippen LogP contribution in [0.2, 0.25) is 0 Å². The minimum Gasteiger partial charge on any atom is -0.497 e. The van der Waals surface area contributed by atoms with Crippen LogP contribution in [0.5, 0.6) is 11.5 Å². The molecule has 1 amide bonds. The highest BCUT2D eigenvalue weighted by molar-refractivity contribution is 6.01. The van der Waals surface area contributed by atoms with Gasteiger partial charge in [0.25, 0.3) is 0 Å². The lowest BCUT2D eigenvalue weighted by molar-refractivity contribution is -0.115. The molecule has 0 atom stereocenters. The fraction of sp³-hybridized carbons (Fsp3) is 0.0968. The first kappa shape index (κ1) is 24.9. The monoisotopic (exact) mass is 530 g/mol. The van der Waals surface area contributed by atoms with Crippen molar-refractivity contribution in [2.45, 2.75) is 6.42 Å². The van der Waals surface area contributed by atoms with E-state index in [-0.39, 0.29) is 12.3 Å². The van der Waals surface area contributed by atoms with Crippen LogP contribution in [-0.2, 0) is 11.2 Å². The third kappa shape index (κ3) is 5.00. The maximum absolute atomic E-state index is 12.6. The van der Waals surface area contributed by atoms with Gasteiger partial charge in [0.05, 0.1) is 20.6 Å². The van der Waals surface area contributed by atoms with Gasteiger partial charge in [0, 0.05) is 27.7 Å². The summed E-state index contributed by atoms with van der Waals surface area (Å²) in [6, 6.07) is 30.6. The largest absolute Gasteiger partial charge is 0.497 e. The Kier molecular flexibility index (Phi) is 6.68. The van der Waals surface area contributed by atoms with Crippen molar-refractivity contribution in [1.29, 1.82) is 0 Å². The van der Waals surface area contributed by atoms with E-state index in [0.717, 1.165) is 39.1 Å². The fourth-order valence-corrected chi connectivity index (χ4v) is 4.50. The highest BCUT2D eigenvalue weighted by Crippen LogP contribution is 2.30. The van der Waals surface area contributed by atoms with E-state index in [4.69, 9.17) is 14.6 Å². The summed E-state index contributed by atoms with van der Waals surface area (Å²) in [5, 5.41) is 22.0. The van der Waals surface area contributed by atoms with Crippen molar-refractivity contribution in [2.24, 2.45) is 0 Å². The second-order valence-corrected chi connectivity index (χ2v) is 9.16. The zero-order valence-corrected chi connectivity index (χ0v) is 22.0. The second kappa shape index (κ2) is 10.7. The normalized spacial score (nSPS) is 10.9. The molecule has 0 spiro atoms. The van der Waals surface area contributed by atoms with Gasteiger partial charge < -0.3 is 20.1 Å². The van der Waals surface area contributed by atoms with Crippen LogP contribution >= 0.6 is 0 Å². The molecule has 0 aliphatic rings. The van der Waals surface area contributed by atoms with E-state index >= 15 is 0 Å². The van der Waals surface area contributed by atoms with Crippen LogP contribution in [0.1, 0.15) is 5.56 Å². The van der Waals surface area contributed by atoms with Crippen LogP contribution in [0.15, 0.2) is 97.1 Å². The standard InChI is InChI=1S/C31H26N6O3/c1-39-24-15-7-20(8-16-24)19-28(38)32-22-11-13-23(14-12-22)33-29-26-5-3-4-6-27(26)31-35-34-30(37(31)36-29)21-9-17-25(40-2)18-10-21/h3-18H,19H2,1-2H3,(H,32,38)(H,33,36). The van der Waals surface area contributed by atoms with E-state index in [1.165, 1.54) is 0 Å². The van der Waals surface area contributed by atoms with Gasteiger partial charge in [-0.15, -0.1) is 15.3 Å². The van der Waals surface area contributed by atoms with E-state index in [1.807, 2.05) is 97.1 Å². The molecule has 40 heavy (non-hydrogen) atoms.